The van der Waals surface area contributed by atoms with Crippen molar-refractivity contribution in [3.05, 3.63) is 30.2 Å². The number of fused-ring (bicyclic) bond motifs is 1. The van der Waals surface area contributed by atoms with Gasteiger partial charge in [0.1, 0.15) is 11.4 Å². The predicted octanol–water partition coefficient (Wildman–Crippen LogP) is 2.25. The van der Waals surface area contributed by atoms with Crippen molar-refractivity contribution in [2.45, 2.75) is 32.3 Å². The van der Waals surface area contributed by atoms with Gasteiger partial charge >= 0.3 is 5.97 Å². The van der Waals surface area contributed by atoms with E-state index in [0.717, 1.165) is 0 Å². The molecule has 0 bridgehead atoms. The highest BCUT2D eigenvalue weighted by Gasteiger charge is 2.38. The highest BCUT2D eigenvalue weighted by atomic mass is 16.5. The van der Waals surface area contributed by atoms with Crippen LogP contribution in [0.2, 0.25) is 0 Å². The normalized spacial score (nSPS) is 13.5. The Kier molecular flexibility index (Phi) is 3.57. The summed E-state index contributed by atoms with van der Waals surface area (Å²) in [5.74, 6) is -1.31. The Bertz CT molecular complexity index is 582. The fourth-order valence-electron chi connectivity index (χ4n) is 2.11. The molecule has 0 aliphatic rings. The van der Waals surface area contributed by atoms with Gasteiger partial charge in [0.05, 0.1) is 18.5 Å². The number of aliphatic hydroxyl groups is 1. The summed E-state index contributed by atoms with van der Waals surface area (Å²) in [5, 5.41) is 10.2. The molecule has 1 N–H and O–H groups in total. The van der Waals surface area contributed by atoms with Crippen molar-refractivity contribution in [1.82, 2.24) is 4.98 Å². The number of rotatable bonds is 4. The van der Waals surface area contributed by atoms with E-state index < -0.39 is 17.5 Å². The molecule has 19 heavy (non-hydrogen) atoms. The van der Waals surface area contributed by atoms with Gasteiger partial charge in [-0.05, 0) is 32.9 Å². The van der Waals surface area contributed by atoms with Gasteiger partial charge in [0.15, 0.2) is 5.58 Å². The third-order valence-corrected chi connectivity index (χ3v) is 2.90. The molecule has 0 saturated heterocycles. The molecule has 0 amide bonds. The van der Waals surface area contributed by atoms with Gasteiger partial charge in [-0.25, -0.2) is 0 Å². The van der Waals surface area contributed by atoms with Crippen LogP contribution in [0.5, 0.6) is 0 Å². The minimum Gasteiger partial charge on any atom is -0.465 e. The monoisotopic (exact) mass is 263 g/mol. The number of furan rings is 1. The zero-order chi connectivity index (χ0) is 14.0. The lowest BCUT2D eigenvalue weighted by Gasteiger charge is -2.26. The van der Waals surface area contributed by atoms with Crippen LogP contribution in [0.3, 0.4) is 0 Å². The number of hydrogen-bond donors (Lipinski definition) is 1. The van der Waals surface area contributed by atoms with Crippen molar-refractivity contribution in [3.8, 4) is 0 Å². The average molecular weight is 263 g/mol. The van der Waals surface area contributed by atoms with Gasteiger partial charge < -0.3 is 14.3 Å². The quantitative estimate of drug-likeness (QED) is 0.856. The van der Waals surface area contributed by atoms with Gasteiger partial charge in [0, 0.05) is 11.8 Å². The predicted molar refractivity (Wildman–Crippen MR) is 69.7 cm³/mol. The van der Waals surface area contributed by atoms with Crippen molar-refractivity contribution in [2.24, 2.45) is 0 Å². The molecule has 2 rings (SSSR count). The Labute approximate surface area is 111 Å². The first kappa shape index (κ1) is 13.5. The van der Waals surface area contributed by atoms with Crippen LogP contribution in [0.25, 0.3) is 11.1 Å². The lowest BCUT2D eigenvalue weighted by Crippen LogP contribution is -2.35. The van der Waals surface area contributed by atoms with Crippen molar-refractivity contribution in [2.75, 3.05) is 6.61 Å². The number of hydrogen-bond acceptors (Lipinski definition) is 5. The maximum Gasteiger partial charge on any atom is 0.316 e. The van der Waals surface area contributed by atoms with Crippen LogP contribution in [0.4, 0.5) is 0 Å². The highest BCUT2D eigenvalue weighted by Crippen LogP contribution is 2.34. The van der Waals surface area contributed by atoms with E-state index in [0.29, 0.717) is 16.7 Å². The minimum absolute atomic E-state index is 0.259. The SMILES string of the molecule is CCOC(=O)C(c1coc2cccnc12)C(C)(C)O. The van der Waals surface area contributed by atoms with Crippen LogP contribution < -0.4 is 0 Å². The van der Waals surface area contributed by atoms with Crippen LogP contribution in [0.1, 0.15) is 32.3 Å². The molecule has 0 aliphatic carbocycles. The lowest BCUT2D eigenvalue weighted by atomic mass is 9.85. The second kappa shape index (κ2) is 5.01. The molecule has 0 aromatic carbocycles. The molecular weight excluding hydrogens is 246 g/mol. The molecule has 0 aliphatic heterocycles. The van der Waals surface area contributed by atoms with E-state index in [-0.39, 0.29) is 6.61 Å². The Morgan fingerprint density at radius 2 is 2.32 bits per heavy atom. The first-order valence-electron chi connectivity index (χ1n) is 6.16. The number of carbonyl (C=O) groups excluding carboxylic acids is 1. The van der Waals surface area contributed by atoms with Crippen molar-refractivity contribution in [3.63, 3.8) is 0 Å². The van der Waals surface area contributed by atoms with E-state index in [9.17, 15) is 9.90 Å². The molecule has 2 heterocycles. The van der Waals surface area contributed by atoms with Gasteiger partial charge in [-0.1, -0.05) is 0 Å². The summed E-state index contributed by atoms with van der Waals surface area (Å²) >= 11 is 0. The Morgan fingerprint density at radius 3 is 2.95 bits per heavy atom. The third kappa shape index (κ3) is 2.61. The molecule has 0 spiro atoms. The lowest BCUT2D eigenvalue weighted by molar-refractivity contribution is -0.150. The summed E-state index contributed by atoms with van der Waals surface area (Å²) in [7, 11) is 0. The molecule has 1 atom stereocenters. The first-order valence-corrected chi connectivity index (χ1v) is 6.16. The Morgan fingerprint density at radius 1 is 1.58 bits per heavy atom. The van der Waals surface area contributed by atoms with Gasteiger partial charge in [-0.15, -0.1) is 0 Å². The fourth-order valence-corrected chi connectivity index (χ4v) is 2.11. The van der Waals surface area contributed by atoms with Crippen LogP contribution in [0, 0.1) is 0 Å². The number of pyridine rings is 1. The largest absolute Gasteiger partial charge is 0.465 e. The molecule has 1 unspecified atom stereocenters. The van der Waals surface area contributed by atoms with E-state index in [4.69, 9.17) is 9.15 Å². The van der Waals surface area contributed by atoms with E-state index >= 15 is 0 Å². The van der Waals surface area contributed by atoms with Crippen LogP contribution >= 0.6 is 0 Å². The van der Waals surface area contributed by atoms with Gasteiger partial charge in [0.2, 0.25) is 0 Å². The average Bonchev–Trinajstić information content (AvgIpc) is 2.72. The highest BCUT2D eigenvalue weighted by molar-refractivity contribution is 5.87. The van der Waals surface area contributed by atoms with Crippen LogP contribution in [-0.2, 0) is 9.53 Å². The van der Waals surface area contributed by atoms with Gasteiger partial charge in [0.25, 0.3) is 0 Å². The first-order chi connectivity index (χ1) is 8.95. The number of aromatic nitrogens is 1. The second-order valence-electron chi connectivity index (χ2n) is 4.88. The summed E-state index contributed by atoms with van der Waals surface area (Å²) in [4.78, 5) is 16.3. The summed E-state index contributed by atoms with van der Waals surface area (Å²) in [6.07, 6.45) is 3.07. The van der Waals surface area contributed by atoms with E-state index in [1.807, 2.05) is 0 Å². The maximum absolute atomic E-state index is 12.1. The van der Waals surface area contributed by atoms with Crippen molar-refractivity contribution < 1.29 is 19.1 Å². The van der Waals surface area contributed by atoms with E-state index in [1.54, 1.807) is 39.1 Å². The second-order valence-corrected chi connectivity index (χ2v) is 4.88. The summed E-state index contributed by atoms with van der Waals surface area (Å²) in [6, 6.07) is 3.51. The van der Waals surface area contributed by atoms with Gasteiger partial charge in [-0.3, -0.25) is 9.78 Å². The number of carbonyl (C=O) groups is 1. The Balaban J connectivity index is 2.52. The number of nitrogens with zero attached hydrogens (tertiary/aromatic N) is 1. The third-order valence-electron chi connectivity index (χ3n) is 2.90. The topological polar surface area (TPSA) is 72.6 Å². The molecule has 0 radical (unpaired) electrons. The minimum atomic E-state index is -1.26. The summed E-state index contributed by atoms with van der Waals surface area (Å²) in [5.41, 5.74) is 0.431. The van der Waals surface area contributed by atoms with Crippen molar-refractivity contribution >= 4 is 17.1 Å². The van der Waals surface area contributed by atoms with E-state index in [1.165, 1.54) is 6.26 Å². The number of ether oxygens (including phenoxy) is 1. The zero-order valence-electron chi connectivity index (χ0n) is 11.2. The molecule has 5 heteroatoms. The zero-order valence-corrected chi connectivity index (χ0v) is 11.2. The smallest absolute Gasteiger partial charge is 0.316 e. The fraction of sp³-hybridized carbons (Fsp3) is 0.429. The summed E-state index contributed by atoms with van der Waals surface area (Å²) in [6.45, 7) is 5.12. The molecule has 102 valence electrons. The molecule has 0 saturated carbocycles. The molecular formula is C14H17NO4. The van der Waals surface area contributed by atoms with Crippen molar-refractivity contribution in [1.29, 1.82) is 0 Å². The van der Waals surface area contributed by atoms with Crippen LogP contribution in [0.15, 0.2) is 29.0 Å². The standard InChI is InChI=1S/C14H17NO4/c1-4-18-13(16)11(14(2,3)17)9-8-19-10-6-5-7-15-12(9)10/h5-8,11,17H,4H2,1-3H3. The molecule has 0 fully saturated rings. The Hall–Kier alpha value is -1.88. The number of esters is 1. The van der Waals surface area contributed by atoms with Crippen LogP contribution in [-0.4, -0.2) is 28.3 Å². The van der Waals surface area contributed by atoms with Gasteiger partial charge in [-0.2, -0.15) is 0 Å². The molecule has 2 aromatic heterocycles. The van der Waals surface area contributed by atoms with E-state index in [2.05, 4.69) is 4.98 Å². The summed E-state index contributed by atoms with van der Waals surface area (Å²) < 4.78 is 10.4. The maximum atomic E-state index is 12.1. The molecule has 2 aromatic rings. The molecule has 5 nitrogen and oxygen atoms in total.